The van der Waals surface area contributed by atoms with E-state index in [0.717, 1.165) is 29.5 Å². The lowest BCUT2D eigenvalue weighted by molar-refractivity contribution is 0.286. The van der Waals surface area contributed by atoms with E-state index in [-0.39, 0.29) is 10.8 Å². The summed E-state index contributed by atoms with van der Waals surface area (Å²) in [4.78, 5) is 0.271. The molecule has 3 aromatic rings. The van der Waals surface area contributed by atoms with Crippen molar-refractivity contribution in [3.05, 3.63) is 59.5 Å². The maximum absolute atomic E-state index is 13.2. The predicted octanol–water partition coefficient (Wildman–Crippen LogP) is 3.93. The number of hydrogen-bond acceptors (Lipinski definition) is 6. The van der Waals surface area contributed by atoms with Crippen molar-refractivity contribution in [3.63, 3.8) is 0 Å². The van der Waals surface area contributed by atoms with Crippen LogP contribution in [-0.4, -0.2) is 43.1 Å². The highest BCUT2D eigenvalue weighted by molar-refractivity contribution is 7.89. The minimum atomic E-state index is -3.61. The fourth-order valence-corrected chi connectivity index (χ4v) is 5.45. The Hall–Kier alpha value is -2.71. The smallest absolute Gasteiger partial charge is 0.248 e. The number of ether oxygens (including phenoxy) is 1. The van der Waals surface area contributed by atoms with E-state index in [4.69, 9.17) is 9.15 Å². The van der Waals surface area contributed by atoms with Gasteiger partial charge in [0.2, 0.25) is 21.8 Å². The summed E-state index contributed by atoms with van der Waals surface area (Å²) >= 11 is 0. The number of piperidine rings is 1. The van der Waals surface area contributed by atoms with Crippen molar-refractivity contribution in [2.75, 3.05) is 20.2 Å². The van der Waals surface area contributed by atoms with Gasteiger partial charge in [0.05, 0.1) is 17.9 Å². The van der Waals surface area contributed by atoms with E-state index in [1.165, 1.54) is 4.31 Å². The second kappa shape index (κ2) is 8.20. The average molecular weight is 428 g/mol. The van der Waals surface area contributed by atoms with Crippen molar-refractivity contribution in [1.29, 1.82) is 0 Å². The zero-order chi connectivity index (χ0) is 21.3. The number of rotatable bonds is 5. The molecule has 0 N–H and O–H groups in total. The van der Waals surface area contributed by atoms with Gasteiger partial charge in [-0.3, -0.25) is 0 Å². The van der Waals surface area contributed by atoms with E-state index in [9.17, 15) is 8.42 Å². The van der Waals surface area contributed by atoms with Crippen molar-refractivity contribution in [3.8, 4) is 17.2 Å². The van der Waals surface area contributed by atoms with Gasteiger partial charge in [0, 0.05) is 18.7 Å². The van der Waals surface area contributed by atoms with Crippen molar-refractivity contribution in [2.45, 2.75) is 37.5 Å². The van der Waals surface area contributed by atoms with Gasteiger partial charge in [-0.2, -0.15) is 4.31 Å². The minimum absolute atomic E-state index is 0.127. The molecule has 1 saturated heterocycles. The second-order valence-corrected chi connectivity index (χ2v) is 9.53. The van der Waals surface area contributed by atoms with Crippen LogP contribution in [-0.2, 0) is 10.0 Å². The monoisotopic (exact) mass is 427 g/mol. The first-order chi connectivity index (χ1) is 14.4. The summed E-state index contributed by atoms with van der Waals surface area (Å²) in [5, 5.41) is 8.43. The molecule has 0 amide bonds. The molecule has 4 rings (SSSR count). The van der Waals surface area contributed by atoms with Gasteiger partial charge in [0.25, 0.3) is 0 Å². The lowest BCUT2D eigenvalue weighted by Crippen LogP contribution is -2.39. The Bertz CT molecular complexity index is 1160. The third kappa shape index (κ3) is 3.85. The summed E-state index contributed by atoms with van der Waals surface area (Å²) in [7, 11) is -2.04. The van der Waals surface area contributed by atoms with E-state index in [1.807, 2.05) is 38.1 Å². The van der Waals surface area contributed by atoms with Gasteiger partial charge in [0.15, 0.2) is 0 Å². The maximum Gasteiger partial charge on any atom is 0.248 e. The van der Waals surface area contributed by atoms with Crippen LogP contribution in [0.4, 0.5) is 0 Å². The molecule has 1 aliphatic heterocycles. The van der Waals surface area contributed by atoms with Crippen LogP contribution >= 0.6 is 0 Å². The predicted molar refractivity (Wildman–Crippen MR) is 113 cm³/mol. The van der Waals surface area contributed by atoms with Crippen LogP contribution < -0.4 is 4.74 Å². The number of hydrogen-bond donors (Lipinski definition) is 0. The first-order valence-corrected chi connectivity index (χ1v) is 11.4. The van der Waals surface area contributed by atoms with Gasteiger partial charge in [-0.15, -0.1) is 10.2 Å². The highest BCUT2D eigenvalue weighted by Crippen LogP contribution is 2.32. The molecular weight excluding hydrogens is 402 g/mol. The molecule has 0 saturated carbocycles. The van der Waals surface area contributed by atoms with E-state index in [1.54, 1.807) is 25.3 Å². The molecule has 2 aromatic carbocycles. The van der Waals surface area contributed by atoms with Crippen molar-refractivity contribution in [1.82, 2.24) is 14.5 Å². The quantitative estimate of drug-likeness (QED) is 0.613. The molecule has 0 spiro atoms. The van der Waals surface area contributed by atoms with Gasteiger partial charge in [0.1, 0.15) is 5.75 Å². The zero-order valence-corrected chi connectivity index (χ0v) is 18.1. The van der Waals surface area contributed by atoms with Crippen molar-refractivity contribution >= 4 is 10.0 Å². The van der Waals surface area contributed by atoms with Crippen LogP contribution in [0.3, 0.4) is 0 Å². The first-order valence-electron chi connectivity index (χ1n) is 9.94. The molecule has 0 bridgehead atoms. The molecule has 1 aromatic heterocycles. The van der Waals surface area contributed by atoms with Gasteiger partial charge in [-0.25, -0.2) is 8.42 Å². The third-order valence-corrected chi connectivity index (χ3v) is 7.41. The molecule has 0 aliphatic carbocycles. The number of sulfonamides is 1. The third-order valence-electron chi connectivity index (χ3n) is 5.55. The lowest BCUT2D eigenvalue weighted by Gasteiger charge is -2.30. The summed E-state index contributed by atoms with van der Waals surface area (Å²) in [5.74, 6) is 1.49. The molecule has 2 heterocycles. The molecule has 1 unspecified atom stereocenters. The molecule has 1 atom stereocenters. The Morgan fingerprint density at radius 1 is 1.10 bits per heavy atom. The molecule has 1 fully saturated rings. The Labute approximate surface area is 176 Å². The minimum Gasteiger partial charge on any atom is -0.496 e. The summed E-state index contributed by atoms with van der Waals surface area (Å²) in [5.41, 5.74) is 2.73. The summed E-state index contributed by atoms with van der Waals surface area (Å²) in [6.07, 6.45) is 1.55. The van der Waals surface area contributed by atoms with E-state index >= 15 is 0 Å². The molecule has 8 heteroatoms. The Morgan fingerprint density at radius 2 is 1.90 bits per heavy atom. The van der Waals surface area contributed by atoms with Crippen LogP contribution in [0.1, 0.15) is 35.8 Å². The topological polar surface area (TPSA) is 85.5 Å². The number of aromatic nitrogens is 2. The van der Waals surface area contributed by atoms with Gasteiger partial charge < -0.3 is 9.15 Å². The van der Waals surface area contributed by atoms with Crippen LogP contribution in [0, 0.1) is 13.8 Å². The van der Waals surface area contributed by atoms with E-state index in [0.29, 0.717) is 30.6 Å². The molecule has 0 radical (unpaired) electrons. The van der Waals surface area contributed by atoms with Crippen molar-refractivity contribution in [2.24, 2.45) is 0 Å². The maximum atomic E-state index is 13.2. The largest absolute Gasteiger partial charge is 0.496 e. The normalized spacial score (nSPS) is 17.8. The molecule has 1 aliphatic rings. The summed E-state index contributed by atoms with van der Waals surface area (Å²) in [6.45, 7) is 4.62. The number of benzene rings is 2. The Kier molecular flexibility index (Phi) is 5.62. The molecule has 158 valence electrons. The van der Waals surface area contributed by atoms with Gasteiger partial charge in [-0.05, 0) is 62.1 Å². The molecule has 7 nitrogen and oxygen atoms in total. The average Bonchev–Trinajstić information content (AvgIpc) is 3.24. The number of aryl methyl sites for hydroxylation is 2. The van der Waals surface area contributed by atoms with Crippen LogP contribution in [0.25, 0.3) is 11.5 Å². The summed E-state index contributed by atoms with van der Waals surface area (Å²) in [6, 6.07) is 12.8. The Morgan fingerprint density at radius 3 is 2.63 bits per heavy atom. The van der Waals surface area contributed by atoms with Crippen LogP contribution in [0.2, 0.25) is 0 Å². The fourth-order valence-electron chi connectivity index (χ4n) is 3.84. The molecule has 30 heavy (non-hydrogen) atoms. The first kappa shape index (κ1) is 20.6. The number of nitrogens with zero attached hydrogens (tertiary/aromatic N) is 3. The zero-order valence-electron chi connectivity index (χ0n) is 17.3. The standard InChI is InChI=1S/C22H25N3O4S/c1-15-7-4-5-9-19(15)22-24-23-21(29-22)17-8-6-12-25(14-17)30(26,27)18-10-11-20(28-3)16(2)13-18/h4-5,7,9-11,13,17H,6,8,12,14H2,1-3H3. The van der Waals surface area contributed by atoms with Crippen molar-refractivity contribution < 1.29 is 17.6 Å². The van der Waals surface area contributed by atoms with Crippen LogP contribution in [0.5, 0.6) is 5.75 Å². The van der Waals surface area contributed by atoms with E-state index < -0.39 is 10.0 Å². The highest BCUT2D eigenvalue weighted by atomic mass is 32.2. The van der Waals surface area contributed by atoms with E-state index in [2.05, 4.69) is 10.2 Å². The highest BCUT2D eigenvalue weighted by Gasteiger charge is 2.33. The fraction of sp³-hybridized carbons (Fsp3) is 0.364. The van der Waals surface area contributed by atoms with Crippen LogP contribution in [0.15, 0.2) is 51.8 Å². The van der Waals surface area contributed by atoms with Gasteiger partial charge in [-0.1, -0.05) is 18.2 Å². The lowest BCUT2D eigenvalue weighted by atomic mass is 10.00. The summed E-state index contributed by atoms with van der Waals surface area (Å²) < 4.78 is 39.1. The molecular formula is C22H25N3O4S. The Balaban J connectivity index is 1.56. The SMILES string of the molecule is COc1ccc(S(=O)(=O)N2CCCC(c3nnc(-c4ccccc4C)o3)C2)cc1C. The van der Waals surface area contributed by atoms with Gasteiger partial charge >= 0.3 is 0 Å². The second-order valence-electron chi connectivity index (χ2n) is 7.59. The number of methoxy groups -OCH3 is 1.